The Balaban J connectivity index is 1.32. The Labute approximate surface area is 209 Å². The molecule has 0 saturated carbocycles. The van der Waals surface area contributed by atoms with Crippen LogP contribution in [0.1, 0.15) is 36.0 Å². The number of benzene rings is 3. The fourth-order valence-electron chi connectivity index (χ4n) is 5.43. The quantitative estimate of drug-likeness (QED) is 0.298. The van der Waals surface area contributed by atoms with Gasteiger partial charge in [-0.25, -0.2) is 9.97 Å². The topological polar surface area (TPSA) is 73.5 Å². The maximum Gasteiger partial charge on any atom is 0.138 e. The zero-order chi connectivity index (χ0) is 23.9. The molecule has 6 aromatic rings. The number of rotatable bonds is 5. The minimum Gasteiger partial charge on any atom is -0.355 e. The van der Waals surface area contributed by atoms with Gasteiger partial charge in [-0.15, -0.1) is 0 Å². The first-order valence-corrected chi connectivity index (χ1v) is 12.5. The summed E-state index contributed by atoms with van der Waals surface area (Å²) < 4.78 is 0. The van der Waals surface area contributed by atoms with Crippen molar-refractivity contribution in [2.24, 2.45) is 0 Å². The average molecular weight is 471 g/mol. The van der Waals surface area contributed by atoms with Crippen LogP contribution in [0.3, 0.4) is 0 Å². The Morgan fingerprint density at radius 2 is 1.61 bits per heavy atom. The number of hydrogen-bond donors (Lipinski definition) is 2. The van der Waals surface area contributed by atoms with Crippen molar-refractivity contribution in [2.75, 3.05) is 4.90 Å². The average Bonchev–Trinajstić information content (AvgIpc) is 3.55. The number of pyridine rings is 1. The molecule has 0 spiro atoms. The summed E-state index contributed by atoms with van der Waals surface area (Å²) in [6.07, 6.45) is 5.20. The first-order chi connectivity index (χ1) is 17.8. The number of aromatic amines is 2. The Hall–Kier alpha value is -4.45. The second kappa shape index (κ2) is 8.64. The Morgan fingerprint density at radius 1 is 0.806 bits per heavy atom. The third-order valence-electron chi connectivity index (χ3n) is 7.14. The maximum atomic E-state index is 4.90. The van der Waals surface area contributed by atoms with Crippen molar-refractivity contribution >= 4 is 27.8 Å². The van der Waals surface area contributed by atoms with Gasteiger partial charge in [0, 0.05) is 17.4 Å². The first kappa shape index (κ1) is 20.9. The largest absolute Gasteiger partial charge is 0.355 e. The van der Waals surface area contributed by atoms with Gasteiger partial charge in [0.1, 0.15) is 11.6 Å². The third-order valence-corrected chi connectivity index (χ3v) is 7.14. The summed E-state index contributed by atoms with van der Waals surface area (Å²) in [6.45, 7) is 0.666. The molecule has 0 radical (unpaired) electrons. The van der Waals surface area contributed by atoms with Gasteiger partial charge in [-0.05, 0) is 67.3 Å². The van der Waals surface area contributed by atoms with E-state index < -0.39 is 0 Å². The number of aryl methyl sites for hydroxylation is 1. The lowest BCUT2D eigenvalue weighted by molar-refractivity contribution is 0.501. The zero-order valence-corrected chi connectivity index (χ0v) is 19.9. The molecule has 6 nitrogen and oxygen atoms in total. The van der Waals surface area contributed by atoms with Crippen LogP contribution in [0.2, 0.25) is 0 Å². The van der Waals surface area contributed by atoms with Gasteiger partial charge in [0.15, 0.2) is 0 Å². The molecule has 3 aromatic carbocycles. The highest BCUT2D eigenvalue weighted by Crippen LogP contribution is 2.38. The Bertz CT molecular complexity index is 1610. The number of imidazole rings is 2. The summed E-state index contributed by atoms with van der Waals surface area (Å²) in [5.41, 5.74) is 8.79. The van der Waals surface area contributed by atoms with Gasteiger partial charge in [0.2, 0.25) is 0 Å². The summed E-state index contributed by atoms with van der Waals surface area (Å²) >= 11 is 0. The molecule has 2 N–H and O–H groups in total. The van der Waals surface area contributed by atoms with Gasteiger partial charge in [-0.2, -0.15) is 0 Å². The van der Waals surface area contributed by atoms with Crippen molar-refractivity contribution in [1.82, 2.24) is 24.9 Å². The van der Waals surface area contributed by atoms with E-state index in [4.69, 9.17) is 15.0 Å². The fraction of sp³-hybridized carbons (Fsp3) is 0.167. The maximum absolute atomic E-state index is 4.90. The second-order valence-electron chi connectivity index (χ2n) is 9.44. The number of aromatic nitrogens is 5. The van der Waals surface area contributed by atoms with Gasteiger partial charge in [0.25, 0.3) is 0 Å². The van der Waals surface area contributed by atoms with Crippen molar-refractivity contribution in [3.8, 4) is 11.4 Å². The van der Waals surface area contributed by atoms with Gasteiger partial charge in [-0.3, -0.25) is 4.98 Å². The van der Waals surface area contributed by atoms with E-state index >= 15 is 0 Å². The molecule has 3 aromatic heterocycles. The Morgan fingerprint density at radius 3 is 2.44 bits per heavy atom. The number of fused-ring (bicyclic) bond motifs is 3. The van der Waals surface area contributed by atoms with E-state index in [1.165, 1.54) is 11.3 Å². The SMILES string of the molecule is c1cc(-c2nc3ccccc3[nH]2)cc(N(Cc2nc3ccccc3[nH]2)C2CCCc3cccnc32)c1. The van der Waals surface area contributed by atoms with E-state index in [0.29, 0.717) is 6.54 Å². The molecule has 6 heteroatoms. The van der Waals surface area contributed by atoms with Gasteiger partial charge >= 0.3 is 0 Å². The molecule has 1 atom stereocenters. The molecule has 0 amide bonds. The van der Waals surface area contributed by atoms with E-state index in [1.54, 1.807) is 0 Å². The van der Waals surface area contributed by atoms with Crippen LogP contribution in [0.5, 0.6) is 0 Å². The number of nitrogens with zero attached hydrogens (tertiary/aromatic N) is 4. The van der Waals surface area contributed by atoms with Crippen molar-refractivity contribution in [3.05, 3.63) is 108 Å². The number of para-hydroxylation sites is 4. The van der Waals surface area contributed by atoms with E-state index in [1.807, 2.05) is 42.6 Å². The summed E-state index contributed by atoms with van der Waals surface area (Å²) in [4.78, 5) is 24.1. The van der Waals surface area contributed by atoms with Gasteiger partial charge < -0.3 is 14.9 Å². The molecule has 0 saturated heterocycles. The smallest absolute Gasteiger partial charge is 0.138 e. The van der Waals surface area contributed by atoms with Crippen molar-refractivity contribution in [1.29, 1.82) is 0 Å². The van der Waals surface area contributed by atoms with Gasteiger partial charge in [-0.1, -0.05) is 42.5 Å². The van der Waals surface area contributed by atoms with Crippen molar-refractivity contribution < 1.29 is 0 Å². The van der Waals surface area contributed by atoms with Crippen LogP contribution in [0.15, 0.2) is 91.1 Å². The van der Waals surface area contributed by atoms with E-state index in [-0.39, 0.29) is 6.04 Å². The summed E-state index contributed by atoms with van der Waals surface area (Å²) in [7, 11) is 0. The van der Waals surface area contributed by atoms with Crippen LogP contribution < -0.4 is 4.90 Å². The molecule has 1 aliphatic rings. The van der Waals surface area contributed by atoms with Crippen molar-refractivity contribution in [3.63, 3.8) is 0 Å². The van der Waals surface area contributed by atoms with Crippen LogP contribution in [0.25, 0.3) is 33.5 Å². The molecule has 1 unspecified atom stereocenters. The predicted molar refractivity (Wildman–Crippen MR) is 144 cm³/mol. The number of hydrogen-bond acceptors (Lipinski definition) is 4. The van der Waals surface area contributed by atoms with E-state index in [2.05, 4.69) is 63.4 Å². The van der Waals surface area contributed by atoms with E-state index in [9.17, 15) is 0 Å². The summed E-state index contributed by atoms with van der Waals surface area (Å²) in [6, 6.07) is 29.5. The van der Waals surface area contributed by atoms with Crippen LogP contribution in [-0.2, 0) is 13.0 Å². The molecule has 36 heavy (non-hydrogen) atoms. The lowest BCUT2D eigenvalue weighted by atomic mass is 9.90. The first-order valence-electron chi connectivity index (χ1n) is 12.5. The number of anilines is 1. The molecule has 0 fully saturated rings. The minimum absolute atomic E-state index is 0.175. The van der Waals surface area contributed by atoms with Gasteiger partial charge in [0.05, 0.1) is 40.3 Å². The summed E-state index contributed by atoms with van der Waals surface area (Å²) in [5.74, 6) is 1.83. The van der Waals surface area contributed by atoms with Crippen molar-refractivity contribution in [2.45, 2.75) is 31.8 Å². The molecule has 1 aliphatic carbocycles. The van der Waals surface area contributed by atoms with E-state index in [0.717, 1.165) is 64.2 Å². The lowest BCUT2D eigenvalue weighted by Gasteiger charge is -2.36. The van der Waals surface area contributed by atoms with Crippen LogP contribution >= 0.6 is 0 Å². The van der Waals surface area contributed by atoms with Crippen LogP contribution in [0.4, 0.5) is 5.69 Å². The number of nitrogens with one attached hydrogen (secondary N) is 2. The molecule has 3 heterocycles. The fourth-order valence-corrected chi connectivity index (χ4v) is 5.43. The zero-order valence-electron chi connectivity index (χ0n) is 19.9. The molecular weight excluding hydrogens is 444 g/mol. The molecule has 176 valence electrons. The molecule has 0 bridgehead atoms. The highest BCUT2D eigenvalue weighted by molar-refractivity contribution is 5.80. The lowest BCUT2D eigenvalue weighted by Crippen LogP contribution is -2.32. The highest BCUT2D eigenvalue weighted by atomic mass is 15.2. The molecule has 7 rings (SSSR count). The second-order valence-corrected chi connectivity index (χ2v) is 9.44. The normalized spacial score (nSPS) is 15.3. The summed E-state index contributed by atoms with van der Waals surface area (Å²) in [5, 5.41) is 0. The van der Waals surface area contributed by atoms with Crippen LogP contribution in [0, 0.1) is 0 Å². The monoisotopic (exact) mass is 470 g/mol. The number of H-pyrrole nitrogens is 2. The van der Waals surface area contributed by atoms with Crippen LogP contribution in [-0.4, -0.2) is 24.9 Å². The highest BCUT2D eigenvalue weighted by Gasteiger charge is 2.28. The third kappa shape index (κ3) is 3.71. The minimum atomic E-state index is 0.175. The Kier molecular flexibility index (Phi) is 5.01. The molecule has 0 aliphatic heterocycles. The standard InChI is InChI=1S/C30H26N6/c1-2-13-24-23(12-1)32-28(33-24)19-36(27-16-6-8-20-10-7-17-31-29(20)27)22-11-5-9-21(18-22)30-34-25-14-3-4-15-26(25)35-30/h1-5,7,9-15,17-18,27H,6,8,16,19H2,(H,32,33)(H,34,35). The predicted octanol–water partition coefficient (Wildman–Crippen LogP) is 6.59. The molecular formula is C30H26N6.